The standard InChI is InChI=1S/C42H61N11O9S2/c1-24(2)35-40(61)50-30(22-33(43)55)37(58)51-31(41(62)53-17-5-9-32(53)39(60)46-15-3-4-16-47-42(44)45)23-63-18-7-10-34(56)48-28(20-25-11-13-26(54)14-12-25)36(57)49-29(38(59)52-35)21-27-8-6-19-64-27/h6,8,11-14,19,24,28-32,35,54H,3-5,7,9-10,15-18,20-23H2,1-2H3,(H2,43,55)(H,46,60)(H,48,56)(H,49,57)(H,50,61)(H,51,58)(H,52,59)(H4,44,45,47)/t28-,29-,30-,31-,32-,35-/m0/s1. The maximum Gasteiger partial charge on any atom is 0.246 e. The first-order valence-electron chi connectivity index (χ1n) is 21.3. The summed E-state index contributed by atoms with van der Waals surface area (Å²) in [5.74, 6) is -5.65. The van der Waals surface area contributed by atoms with Crippen LogP contribution in [0.5, 0.6) is 5.75 Å². The molecule has 1 aromatic heterocycles. The number of hydrogen-bond donors (Lipinski definition) is 10. The summed E-state index contributed by atoms with van der Waals surface area (Å²) in [4.78, 5) is 116. The highest BCUT2D eigenvalue weighted by Crippen LogP contribution is 2.21. The number of phenolic OH excluding ortho intramolecular Hbond substituents is 1. The van der Waals surface area contributed by atoms with Gasteiger partial charge < -0.3 is 59.1 Å². The number of benzene rings is 1. The molecule has 350 valence electrons. The van der Waals surface area contributed by atoms with Crippen LogP contribution in [0.25, 0.3) is 0 Å². The van der Waals surface area contributed by atoms with Gasteiger partial charge in [0, 0.05) is 49.5 Å². The lowest BCUT2D eigenvalue weighted by molar-refractivity contribution is -0.141. The molecule has 0 saturated carbocycles. The van der Waals surface area contributed by atoms with E-state index in [-0.39, 0.29) is 49.2 Å². The number of likely N-dealkylation sites (tertiary alicyclic amines) is 1. The number of unbranched alkanes of at least 4 members (excludes halogenated alkanes) is 1. The van der Waals surface area contributed by atoms with Gasteiger partial charge in [-0.3, -0.25) is 43.3 Å². The highest BCUT2D eigenvalue weighted by atomic mass is 32.2. The summed E-state index contributed by atoms with van der Waals surface area (Å²) in [6.45, 7) is 4.27. The molecule has 0 aliphatic carbocycles. The number of nitrogens with two attached hydrogens (primary N) is 3. The van der Waals surface area contributed by atoms with Crippen LogP contribution < -0.4 is 49.1 Å². The Morgan fingerprint density at radius 3 is 2.22 bits per heavy atom. The third-order valence-electron chi connectivity index (χ3n) is 10.5. The minimum atomic E-state index is -1.56. The van der Waals surface area contributed by atoms with Gasteiger partial charge in [0.1, 0.15) is 42.0 Å². The van der Waals surface area contributed by atoms with Crippen LogP contribution in [0.1, 0.15) is 69.2 Å². The molecule has 20 nitrogen and oxygen atoms in total. The van der Waals surface area contributed by atoms with Crippen LogP contribution in [0.4, 0.5) is 0 Å². The van der Waals surface area contributed by atoms with Crippen molar-refractivity contribution in [2.75, 3.05) is 31.1 Å². The summed E-state index contributed by atoms with van der Waals surface area (Å²) in [5, 5.41) is 28.0. The number of hydrogen-bond acceptors (Lipinski definition) is 12. The summed E-state index contributed by atoms with van der Waals surface area (Å²) in [6, 6.07) is 2.47. The Morgan fingerprint density at radius 2 is 1.55 bits per heavy atom. The molecule has 0 spiro atoms. The number of nitrogens with one attached hydrogen (secondary N) is 6. The highest BCUT2D eigenvalue weighted by Gasteiger charge is 2.39. The lowest BCUT2D eigenvalue weighted by atomic mass is 10.0. The topological polar surface area (TPSA) is 323 Å². The van der Waals surface area contributed by atoms with Crippen molar-refractivity contribution in [2.45, 2.75) is 108 Å². The second-order valence-electron chi connectivity index (χ2n) is 16.0. The average Bonchev–Trinajstić information content (AvgIpc) is 3.95. The third kappa shape index (κ3) is 16.3. The zero-order chi connectivity index (χ0) is 46.8. The maximum absolute atomic E-state index is 14.3. The van der Waals surface area contributed by atoms with Crippen molar-refractivity contribution in [1.29, 1.82) is 0 Å². The molecule has 2 fully saturated rings. The molecular formula is C42H61N11O9S2. The number of aromatic hydroxyl groups is 1. The first-order valence-corrected chi connectivity index (χ1v) is 23.4. The number of rotatable bonds is 14. The first-order chi connectivity index (χ1) is 30.5. The number of thioether (sulfide) groups is 1. The van der Waals surface area contributed by atoms with Gasteiger partial charge in [-0.15, -0.1) is 11.3 Å². The van der Waals surface area contributed by atoms with Gasteiger partial charge in [-0.2, -0.15) is 11.8 Å². The number of carbonyl (C=O) groups is 8. The third-order valence-corrected chi connectivity index (χ3v) is 12.6. The number of nitrogens with zero attached hydrogens (tertiary/aromatic N) is 2. The second kappa shape index (κ2) is 25.4. The molecule has 2 aliphatic rings. The number of amides is 8. The van der Waals surface area contributed by atoms with E-state index in [0.29, 0.717) is 56.5 Å². The number of aliphatic imine (C=N–C) groups is 1. The van der Waals surface area contributed by atoms with Crippen molar-refractivity contribution in [1.82, 2.24) is 36.8 Å². The van der Waals surface area contributed by atoms with Crippen LogP contribution in [-0.4, -0.2) is 131 Å². The van der Waals surface area contributed by atoms with Gasteiger partial charge in [-0.05, 0) is 72.9 Å². The largest absolute Gasteiger partial charge is 0.508 e. The molecule has 1 aromatic carbocycles. The van der Waals surface area contributed by atoms with Gasteiger partial charge in [0.25, 0.3) is 0 Å². The predicted octanol–water partition coefficient (Wildman–Crippen LogP) is -1.12. The zero-order valence-corrected chi connectivity index (χ0v) is 37.8. The number of phenols is 1. The van der Waals surface area contributed by atoms with Crippen molar-refractivity contribution in [3.63, 3.8) is 0 Å². The minimum Gasteiger partial charge on any atom is -0.508 e. The zero-order valence-electron chi connectivity index (χ0n) is 36.1. The fourth-order valence-corrected chi connectivity index (χ4v) is 8.91. The van der Waals surface area contributed by atoms with Crippen molar-refractivity contribution in [2.24, 2.45) is 28.1 Å². The van der Waals surface area contributed by atoms with Crippen molar-refractivity contribution in [3.05, 3.63) is 52.2 Å². The van der Waals surface area contributed by atoms with E-state index in [2.05, 4.69) is 36.9 Å². The molecule has 4 rings (SSSR count). The molecule has 0 radical (unpaired) electrons. The molecule has 3 heterocycles. The molecule has 64 heavy (non-hydrogen) atoms. The van der Waals surface area contributed by atoms with E-state index in [1.165, 1.54) is 40.1 Å². The van der Waals surface area contributed by atoms with E-state index in [0.717, 1.165) is 4.88 Å². The van der Waals surface area contributed by atoms with Crippen LogP contribution in [0.2, 0.25) is 0 Å². The van der Waals surface area contributed by atoms with Crippen molar-refractivity contribution >= 4 is 76.3 Å². The second-order valence-corrected chi connectivity index (χ2v) is 18.2. The summed E-state index contributed by atoms with van der Waals surface area (Å²) < 4.78 is 0. The Kier molecular flexibility index (Phi) is 20.1. The van der Waals surface area contributed by atoms with E-state index in [9.17, 15) is 43.5 Å². The molecule has 22 heteroatoms. The number of carbonyl (C=O) groups excluding carboxylic acids is 8. The molecular weight excluding hydrogens is 867 g/mol. The van der Waals surface area contributed by atoms with E-state index in [4.69, 9.17) is 17.2 Å². The van der Waals surface area contributed by atoms with E-state index < -0.39 is 89.9 Å². The molecule has 6 atom stereocenters. The van der Waals surface area contributed by atoms with Crippen molar-refractivity contribution < 1.29 is 43.5 Å². The minimum absolute atomic E-state index is 0.00124. The van der Waals surface area contributed by atoms with Crippen LogP contribution in [0.15, 0.2) is 46.8 Å². The fraction of sp³-hybridized carbons (Fsp3) is 0.548. The summed E-state index contributed by atoms with van der Waals surface area (Å²) in [6.07, 6.45) is 1.84. The van der Waals surface area contributed by atoms with E-state index in [1.807, 2.05) is 5.38 Å². The lowest BCUT2D eigenvalue weighted by Crippen LogP contribution is -2.61. The monoisotopic (exact) mass is 927 g/mol. The Morgan fingerprint density at radius 1 is 0.859 bits per heavy atom. The molecule has 0 bridgehead atoms. The Bertz CT molecular complexity index is 1960. The Balaban J connectivity index is 1.62. The smallest absolute Gasteiger partial charge is 0.246 e. The first kappa shape index (κ1) is 50.7. The van der Waals surface area contributed by atoms with E-state index in [1.54, 1.807) is 38.1 Å². The molecule has 8 amide bonds. The van der Waals surface area contributed by atoms with Crippen LogP contribution in [-0.2, 0) is 51.2 Å². The van der Waals surface area contributed by atoms with Gasteiger partial charge in [0.15, 0.2) is 5.96 Å². The average molecular weight is 928 g/mol. The van der Waals surface area contributed by atoms with Crippen LogP contribution >= 0.6 is 23.1 Å². The SMILES string of the molecule is CC(C)[C@@H]1NC(=O)[C@H](Cc2cccs2)NC(=O)[C@H](Cc2ccc(O)cc2)NC(=O)CCCSC[C@@H](C(=O)N2CCC[C@H]2C(=O)NCCCCN=C(N)N)NC(=O)[C@H](CC(N)=O)NC1=O. The lowest BCUT2D eigenvalue weighted by Gasteiger charge is -2.30. The predicted molar refractivity (Wildman–Crippen MR) is 242 cm³/mol. The Labute approximate surface area is 380 Å². The van der Waals surface area contributed by atoms with Gasteiger partial charge in [-0.1, -0.05) is 32.0 Å². The number of thiophene rings is 1. The summed E-state index contributed by atoms with van der Waals surface area (Å²) in [5.41, 5.74) is 16.9. The summed E-state index contributed by atoms with van der Waals surface area (Å²) in [7, 11) is 0. The van der Waals surface area contributed by atoms with E-state index >= 15 is 0 Å². The maximum atomic E-state index is 14.3. The van der Waals surface area contributed by atoms with Gasteiger partial charge in [0.05, 0.1) is 6.42 Å². The highest BCUT2D eigenvalue weighted by molar-refractivity contribution is 7.99. The molecule has 2 aromatic rings. The summed E-state index contributed by atoms with van der Waals surface area (Å²) >= 11 is 2.62. The molecule has 13 N–H and O–H groups in total. The molecule has 2 aliphatic heterocycles. The van der Waals surface area contributed by atoms with Crippen molar-refractivity contribution in [3.8, 4) is 5.75 Å². The molecule has 2 saturated heterocycles. The Hall–Kier alpha value is -5.90. The van der Waals surface area contributed by atoms with Gasteiger partial charge >= 0.3 is 0 Å². The van der Waals surface area contributed by atoms with Gasteiger partial charge in [0.2, 0.25) is 47.3 Å². The van der Waals surface area contributed by atoms with Gasteiger partial charge in [-0.25, -0.2) is 0 Å². The number of guanidine groups is 1. The number of primary amides is 1. The normalized spacial score (nSPS) is 23.2. The van der Waals surface area contributed by atoms with Crippen LogP contribution in [0.3, 0.4) is 0 Å². The quantitative estimate of drug-likeness (QED) is 0.0613. The van der Waals surface area contributed by atoms with Crippen LogP contribution in [0, 0.1) is 5.92 Å². The fourth-order valence-electron chi connectivity index (χ4n) is 7.18. The molecule has 0 unspecified atom stereocenters.